The second kappa shape index (κ2) is 6.43. The van der Waals surface area contributed by atoms with Crippen molar-refractivity contribution in [1.29, 1.82) is 0 Å². The summed E-state index contributed by atoms with van der Waals surface area (Å²) < 4.78 is 27.5. The van der Waals surface area contributed by atoms with Gasteiger partial charge in [0.1, 0.15) is 0 Å². The smallest absolute Gasteiger partial charge is 0.312 e. The van der Waals surface area contributed by atoms with Gasteiger partial charge in [0.2, 0.25) is 6.86 Å². The topological polar surface area (TPSA) is 44.8 Å². The molecule has 5 heteroatoms. The molecule has 0 aliphatic rings. The highest BCUT2D eigenvalue weighted by molar-refractivity contribution is 5.92. The highest BCUT2D eigenvalue weighted by Crippen LogP contribution is 2.36. The van der Waals surface area contributed by atoms with E-state index in [1.54, 1.807) is 25.1 Å². The first-order valence-corrected chi connectivity index (χ1v) is 6.49. The molecular formula is C16H17FO4. The van der Waals surface area contributed by atoms with Crippen LogP contribution in [-0.2, 0) is 9.53 Å². The summed E-state index contributed by atoms with van der Waals surface area (Å²) in [6.07, 6.45) is 0. The van der Waals surface area contributed by atoms with Crippen LogP contribution in [0.3, 0.4) is 0 Å². The molecule has 0 heterocycles. The van der Waals surface area contributed by atoms with Gasteiger partial charge < -0.3 is 14.2 Å². The number of fused-ring (bicyclic) bond motifs is 1. The van der Waals surface area contributed by atoms with Gasteiger partial charge in [0.25, 0.3) is 0 Å². The molecule has 0 bridgehead atoms. The number of hydrogen-bond donors (Lipinski definition) is 0. The Balaban J connectivity index is 2.52. The molecule has 0 unspecified atom stereocenters. The van der Waals surface area contributed by atoms with Gasteiger partial charge in [-0.2, -0.15) is 0 Å². The Morgan fingerprint density at radius 2 is 2.00 bits per heavy atom. The minimum atomic E-state index is -0.935. The Bertz CT molecular complexity index is 654. The number of rotatable bonds is 5. The standard InChI is InChI=1S/C16H17FO4/c1-10(16(18)20-3)11-4-6-13-12(8-11)5-7-14(19-2)15(13)21-9-17/h4-8,10H,9H2,1-3H3/t10-/m0/s1. The summed E-state index contributed by atoms with van der Waals surface area (Å²) in [5.74, 6) is 0.152. The Kier molecular flexibility index (Phi) is 4.62. The maximum absolute atomic E-state index is 12.5. The Morgan fingerprint density at radius 3 is 2.62 bits per heavy atom. The van der Waals surface area contributed by atoms with E-state index in [1.165, 1.54) is 14.2 Å². The van der Waals surface area contributed by atoms with Crippen molar-refractivity contribution < 1.29 is 23.4 Å². The lowest BCUT2D eigenvalue weighted by Gasteiger charge is -2.14. The van der Waals surface area contributed by atoms with Gasteiger partial charge in [-0.05, 0) is 23.9 Å². The lowest BCUT2D eigenvalue weighted by molar-refractivity contribution is -0.141. The van der Waals surface area contributed by atoms with Crippen molar-refractivity contribution in [3.8, 4) is 11.5 Å². The molecule has 4 nitrogen and oxygen atoms in total. The van der Waals surface area contributed by atoms with E-state index in [0.29, 0.717) is 11.5 Å². The van der Waals surface area contributed by atoms with E-state index < -0.39 is 6.86 Å². The number of carbonyl (C=O) groups excluding carboxylic acids is 1. The summed E-state index contributed by atoms with van der Waals surface area (Å²) in [5, 5.41) is 1.57. The van der Waals surface area contributed by atoms with Crippen molar-refractivity contribution in [3.63, 3.8) is 0 Å². The molecule has 0 saturated carbocycles. The number of carbonyl (C=O) groups is 1. The fourth-order valence-corrected chi connectivity index (χ4v) is 2.25. The van der Waals surface area contributed by atoms with E-state index in [0.717, 1.165) is 16.3 Å². The predicted octanol–water partition coefficient (Wildman–Crippen LogP) is 3.43. The molecule has 0 N–H and O–H groups in total. The first kappa shape index (κ1) is 15.1. The van der Waals surface area contributed by atoms with E-state index in [-0.39, 0.29) is 11.9 Å². The van der Waals surface area contributed by atoms with E-state index in [4.69, 9.17) is 14.2 Å². The minimum Gasteiger partial charge on any atom is -0.493 e. The maximum atomic E-state index is 12.5. The molecular weight excluding hydrogens is 275 g/mol. The van der Waals surface area contributed by atoms with Gasteiger partial charge in [0, 0.05) is 5.39 Å². The third-order valence-electron chi connectivity index (χ3n) is 3.43. The van der Waals surface area contributed by atoms with Gasteiger partial charge in [0.05, 0.1) is 20.1 Å². The average Bonchev–Trinajstić information content (AvgIpc) is 2.53. The molecule has 0 amide bonds. The summed E-state index contributed by atoms with van der Waals surface area (Å²) in [4.78, 5) is 11.6. The fourth-order valence-electron chi connectivity index (χ4n) is 2.25. The molecule has 2 aromatic carbocycles. The van der Waals surface area contributed by atoms with Crippen molar-refractivity contribution in [2.45, 2.75) is 12.8 Å². The first-order chi connectivity index (χ1) is 10.1. The van der Waals surface area contributed by atoms with Gasteiger partial charge in [-0.1, -0.05) is 24.3 Å². The minimum absolute atomic E-state index is 0.303. The second-order valence-electron chi connectivity index (χ2n) is 4.58. The number of methoxy groups -OCH3 is 2. The van der Waals surface area contributed by atoms with Crippen LogP contribution in [-0.4, -0.2) is 27.0 Å². The van der Waals surface area contributed by atoms with Crippen molar-refractivity contribution in [3.05, 3.63) is 35.9 Å². The summed E-state index contributed by atoms with van der Waals surface area (Å²) in [6.45, 7) is 0.839. The van der Waals surface area contributed by atoms with Gasteiger partial charge in [-0.3, -0.25) is 4.79 Å². The number of ether oxygens (including phenoxy) is 3. The zero-order valence-corrected chi connectivity index (χ0v) is 12.2. The number of alkyl halides is 1. The van der Waals surface area contributed by atoms with Crippen LogP contribution in [0.1, 0.15) is 18.4 Å². The van der Waals surface area contributed by atoms with Crippen LogP contribution in [0, 0.1) is 0 Å². The SMILES string of the molecule is COC(=O)[C@@H](C)c1ccc2c(OCF)c(OC)ccc2c1. The number of hydrogen-bond acceptors (Lipinski definition) is 4. The van der Waals surface area contributed by atoms with Crippen LogP contribution in [0.4, 0.5) is 4.39 Å². The van der Waals surface area contributed by atoms with Gasteiger partial charge in [-0.15, -0.1) is 0 Å². The Labute approximate surface area is 122 Å². The van der Waals surface area contributed by atoms with Crippen LogP contribution in [0.25, 0.3) is 10.8 Å². The average molecular weight is 292 g/mol. The number of benzene rings is 2. The summed E-state index contributed by atoms with van der Waals surface area (Å²) in [6, 6.07) is 9.00. The summed E-state index contributed by atoms with van der Waals surface area (Å²) in [7, 11) is 2.86. The van der Waals surface area contributed by atoms with Crippen molar-refractivity contribution in [1.82, 2.24) is 0 Å². The number of halogens is 1. The monoisotopic (exact) mass is 292 g/mol. The Morgan fingerprint density at radius 1 is 1.24 bits per heavy atom. The van der Waals surface area contributed by atoms with Crippen LogP contribution >= 0.6 is 0 Å². The second-order valence-corrected chi connectivity index (χ2v) is 4.58. The molecule has 21 heavy (non-hydrogen) atoms. The van der Waals surface area contributed by atoms with Gasteiger partial charge >= 0.3 is 5.97 Å². The molecule has 0 aliphatic heterocycles. The highest BCUT2D eigenvalue weighted by Gasteiger charge is 2.17. The van der Waals surface area contributed by atoms with E-state index in [2.05, 4.69) is 0 Å². The largest absolute Gasteiger partial charge is 0.493 e. The lowest BCUT2D eigenvalue weighted by Crippen LogP contribution is -2.10. The maximum Gasteiger partial charge on any atom is 0.312 e. The van der Waals surface area contributed by atoms with Gasteiger partial charge in [0.15, 0.2) is 11.5 Å². The molecule has 0 spiro atoms. The van der Waals surface area contributed by atoms with E-state index in [9.17, 15) is 9.18 Å². The molecule has 0 aliphatic carbocycles. The highest BCUT2D eigenvalue weighted by atomic mass is 19.1. The third kappa shape index (κ3) is 2.91. The van der Waals surface area contributed by atoms with Crippen molar-refractivity contribution >= 4 is 16.7 Å². The van der Waals surface area contributed by atoms with Crippen molar-refractivity contribution in [2.24, 2.45) is 0 Å². The molecule has 0 radical (unpaired) electrons. The molecule has 0 aromatic heterocycles. The first-order valence-electron chi connectivity index (χ1n) is 6.49. The van der Waals surface area contributed by atoms with E-state index >= 15 is 0 Å². The molecule has 2 rings (SSSR count). The molecule has 0 saturated heterocycles. The normalized spacial score (nSPS) is 12.0. The Hall–Kier alpha value is -2.30. The van der Waals surface area contributed by atoms with Crippen molar-refractivity contribution in [2.75, 3.05) is 21.1 Å². The predicted molar refractivity (Wildman–Crippen MR) is 77.5 cm³/mol. The van der Waals surface area contributed by atoms with Gasteiger partial charge in [-0.25, -0.2) is 4.39 Å². The van der Waals surface area contributed by atoms with Crippen LogP contribution in [0.5, 0.6) is 11.5 Å². The summed E-state index contributed by atoms with van der Waals surface area (Å²) >= 11 is 0. The molecule has 1 atom stereocenters. The zero-order chi connectivity index (χ0) is 15.4. The molecule has 2 aromatic rings. The molecule has 112 valence electrons. The molecule has 0 fully saturated rings. The zero-order valence-electron chi connectivity index (χ0n) is 12.2. The quantitative estimate of drug-likeness (QED) is 0.792. The lowest BCUT2D eigenvalue weighted by atomic mass is 9.97. The van der Waals surface area contributed by atoms with E-state index in [1.807, 2.05) is 12.1 Å². The van der Waals surface area contributed by atoms with Crippen LogP contribution in [0.2, 0.25) is 0 Å². The third-order valence-corrected chi connectivity index (χ3v) is 3.43. The number of esters is 1. The van der Waals surface area contributed by atoms with Crippen LogP contribution in [0.15, 0.2) is 30.3 Å². The fraction of sp³-hybridized carbons (Fsp3) is 0.312. The summed E-state index contributed by atoms with van der Waals surface area (Å²) in [5.41, 5.74) is 0.825. The van der Waals surface area contributed by atoms with Crippen LogP contribution < -0.4 is 9.47 Å².